The monoisotopic (exact) mass is 217 g/mol. The zero-order valence-corrected chi connectivity index (χ0v) is 8.89. The summed E-state index contributed by atoms with van der Waals surface area (Å²) in [5.74, 6) is -0.383. The lowest BCUT2D eigenvalue weighted by molar-refractivity contribution is 0.592. The molecular formula is C12H12FN3. The standard InChI is InChI=1S/C12H12FN3/c1-8-6-15-4-2-9(8)12(14)10-3-5-16-7-11(10)13/h2-7,12H,14H2,1H3. The highest BCUT2D eigenvalue weighted by molar-refractivity contribution is 5.34. The van der Waals surface area contributed by atoms with Crippen molar-refractivity contribution >= 4 is 0 Å². The number of hydrogen-bond acceptors (Lipinski definition) is 3. The second kappa shape index (κ2) is 4.37. The number of aryl methyl sites for hydroxylation is 1. The van der Waals surface area contributed by atoms with Gasteiger partial charge >= 0.3 is 0 Å². The van der Waals surface area contributed by atoms with Gasteiger partial charge in [-0.15, -0.1) is 0 Å². The number of rotatable bonds is 2. The van der Waals surface area contributed by atoms with Crippen molar-refractivity contribution in [2.24, 2.45) is 5.73 Å². The Morgan fingerprint density at radius 3 is 2.38 bits per heavy atom. The van der Waals surface area contributed by atoms with E-state index in [1.807, 2.05) is 6.92 Å². The van der Waals surface area contributed by atoms with E-state index >= 15 is 0 Å². The van der Waals surface area contributed by atoms with E-state index in [1.165, 1.54) is 12.4 Å². The quantitative estimate of drug-likeness (QED) is 0.836. The molecule has 0 saturated carbocycles. The van der Waals surface area contributed by atoms with Crippen LogP contribution >= 0.6 is 0 Å². The number of hydrogen-bond donors (Lipinski definition) is 1. The predicted molar refractivity (Wildman–Crippen MR) is 59.2 cm³/mol. The van der Waals surface area contributed by atoms with Gasteiger partial charge in [0.25, 0.3) is 0 Å². The van der Waals surface area contributed by atoms with Crippen LogP contribution in [0.3, 0.4) is 0 Å². The normalized spacial score (nSPS) is 12.4. The highest BCUT2D eigenvalue weighted by Gasteiger charge is 2.14. The SMILES string of the molecule is Cc1cnccc1C(N)c1ccncc1F. The molecule has 0 aromatic carbocycles. The summed E-state index contributed by atoms with van der Waals surface area (Å²) in [5.41, 5.74) is 8.30. The molecule has 0 aliphatic rings. The van der Waals surface area contributed by atoms with Crippen LogP contribution in [0.5, 0.6) is 0 Å². The van der Waals surface area contributed by atoms with E-state index in [2.05, 4.69) is 9.97 Å². The Labute approximate surface area is 93.2 Å². The second-order valence-electron chi connectivity index (χ2n) is 3.61. The molecule has 82 valence electrons. The first-order valence-electron chi connectivity index (χ1n) is 4.95. The van der Waals surface area contributed by atoms with E-state index < -0.39 is 6.04 Å². The van der Waals surface area contributed by atoms with Crippen LogP contribution in [0.15, 0.2) is 36.9 Å². The number of pyridine rings is 2. The third kappa shape index (κ3) is 1.92. The fourth-order valence-electron chi connectivity index (χ4n) is 1.64. The minimum absolute atomic E-state index is 0.383. The second-order valence-corrected chi connectivity index (χ2v) is 3.61. The minimum Gasteiger partial charge on any atom is -0.320 e. The van der Waals surface area contributed by atoms with Gasteiger partial charge in [0.05, 0.1) is 12.2 Å². The van der Waals surface area contributed by atoms with E-state index in [0.29, 0.717) is 5.56 Å². The molecule has 0 aliphatic heterocycles. The first-order valence-corrected chi connectivity index (χ1v) is 4.95. The van der Waals surface area contributed by atoms with Crippen LogP contribution < -0.4 is 5.73 Å². The summed E-state index contributed by atoms with van der Waals surface area (Å²) in [6.07, 6.45) is 6.08. The lowest BCUT2D eigenvalue weighted by Crippen LogP contribution is -2.15. The van der Waals surface area contributed by atoms with Gasteiger partial charge in [-0.1, -0.05) is 0 Å². The van der Waals surface area contributed by atoms with Gasteiger partial charge in [-0.05, 0) is 30.2 Å². The third-order valence-corrected chi connectivity index (χ3v) is 2.54. The lowest BCUT2D eigenvalue weighted by Gasteiger charge is -2.14. The molecule has 1 atom stereocenters. The summed E-state index contributed by atoms with van der Waals surface area (Å²) in [6, 6.07) is 2.92. The van der Waals surface area contributed by atoms with Gasteiger partial charge in [-0.2, -0.15) is 0 Å². The van der Waals surface area contributed by atoms with Crippen molar-refractivity contribution in [2.75, 3.05) is 0 Å². The molecule has 2 heterocycles. The number of nitrogens with zero attached hydrogens (tertiary/aromatic N) is 2. The zero-order chi connectivity index (χ0) is 11.5. The molecule has 0 radical (unpaired) electrons. The highest BCUT2D eigenvalue weighted by Crippen LogP contribution is 2.23. The third-order valence-electron chi connectivity index (χ3n) is 2.54. The summed E-state index contributed by atoms with van der Waals surface area (Å²) < 4.78 is 13.5. The van der Waals surface area contributed by atoms with Crippen LogP contribution in [0.1, 0.15) is 22.7 Å². The molecule has 0 fully saturated rings. The van der Waals surface area contributed by atoms with Crippen molar-refractivity contribution in [3.63, 3.8) is 0 Å². The maximum Gasteiger partial charge on any atom is 0.146 e. The van der Waals surface area contributed by atoms with Crippen molar-refractivity contribution in [1.29, 1.82) is 0 Å². The molecule has 3 nitrogen and oxygen atoms in total. The summed E-state index contributed by atoms with van der Waals surface area (Å²) in [5, 5.41) is 0. The molecule has 4 heteroatoms. The van der Waals surface area contributed by atoms with Crippen molar-refractivity contribution in [3.8, 4) is 0 Å². The van der Waals surface area contributed by atoms with Crippen LogP contribution in [0.2, 0.25) is 0 Å². The highest BCUT2D eigenvalue weighted by atomic mass is 19.1. The van der Waals surface area contributed by atoms with Gasteiger partial charge in [-0.25, -0.2) is 4.39 Å². The molecular weight excluding hydrogens is 205 g/mol. The molecule has 2 N–H and O–H groups in total. The van der Waals surface area contributed by atoms with Gasteiger partial charge in [0.2, 0.25) is 0 Å². The Hall–Kier alpha value is -1.81. The van der Waals surface area contributed by atoms with Gasteiger partial charge in [0, 0.05) is 24.2 Å². The van der Waals surface area contributed by atoms with Crippen molar-refractivity contribution in [1.82, 2.24) is 9.97 Å². The van der Waals surface area contributed by atoms with Crippen molar-refractivity contribution < 1.29 is 4.39 Å². The van der Waals surface area contributed by atoms with Crippen LogP contribution in [-0.4, -0.2) is 9.97 Å². The molecule has 0 amide bonds. The maximum atomic E-state index is 13.5. The summed E-state index contributed by atoms with van der Waals surface area (Å²) in [6.45, 7) is 1.90. The van der Waals surface area contributed by atoms with E-state index in [0.717, 1.165) is 11.1 Å². The summed E-state index contributed by atoms with van der Waals surface area (Å²) in [7, 11) is 0. The Balaban J connectivity index is 2.44. The van der Waals surface area contributed by atoms with Gasteiger partial charge < -0.3 is 5.73 Å². The van der Waals surface area contributed by atoms with Crippen LogP contribution in [0.25, 0.3) is 0 Å². The average molecular weight is 217 g/mol. The largest absolute Gasteiger partial charge is 0.320 e. The summed E-state index contributed by atoms with van der Waals surface area (Å²) >= 11 is 0. The average Bonchev–Trinajstić information content (AvgIpc) is 2.29. The molecule has 0 spiro atoms. The molecule has 0 aliphatic carbocycles. The van der Waals surface area contributed by atoms with Gasteiger partial charge in [0.15, 0.2) is 0 Å². The molecule has 2 rings (SSSR count). The smallest absolute Gasteiger partial charge is 0.146 e. The van der Waals surface area contributed by atoms with Gasteiger partial charge in [0.1, 0.15) is 5.82 Å². The van der Waals surface area contributed by atoms with Crippen LogP contribution in [0.4, 0.5) is 4.39 Å². The van der Waals surface area contributed by atoms with E-state index in [9.17, 15) is 4.39 Å². The lowest BCUT2D eigenvalue weighted by atomic mass is 9.98. The molecule has 0 bridgehead atoms. The Bertz CT molecular complexity index is 454. The maximum absolute atomic E-state index is 13.5. The van der Waals surface area contributed by atoms with Crippen LogP contribution in [0, 0.1) is 12.7 Å². The fraction of sp³-hybridized carbons (Fsp3) is 0.167. The first kappa shape index (κ1) is 10.7. The molecule has 1 unspecified atom stereocenters. The van der Waals surface area contributed by atoms with Gasteiger partial charge in [-0.3, -0.25) is 9.97 Å². The zero-order valence-electron chi connectivity index (χ0n) is 8.89. The van der Waals surface area contributed by atoms with Crippen molar-refractivity contribution in [3.05, 3.63) is 59.4 Å². The number of halogens is 1. The molecule has 16 heavy (non-hydrogen) atoms. The Morgan fingerprint density at radius 1 is 1.12 bits per heavy atom. The van der Waals surface area contributed by atoms with Crippen molar-refractivity contribution in [2.45, 2.75) is 13.0 Å². The predicted octanol–water partition coefficient (Wildman–Crippen LogP) is 1.97. The fourth-order valence-corrected chi connectivity index (χ4v) is 1.64. The summed E-state index contributed by atoms with van der Waals surface area (Å²) in [4.78, 5) is 7.68. The Morgan fingerprint density at radius 2 is 1.75 bits per heavy atom. The molecule has 2 aromatic heterocycles. The van der Waals surface area contributed by atoms with E-state index in [1.54, 1.807) is 24.5 Å². The van der Waals surface area contributed by atoms with E-state index in [-0.39, 0.29) is 5.82 Å². The minimum atomic E-state index is -0.481. The first-order chi connectivity index (χ1) is 7.70. The topological polar surface area (TPSA) is 51.8 Å². The molecule has 0 saturated heterocycles. The van der Waals surface area contributed by atoms with Crippen LogP contribution in [-0.2, 0) is 0 Å². The van der Waals surface area contributed by atoms with E-state index in [4.69, 9.17) is 5.73 Å². The molecule has 2 aromatic rings. The number of nitrogens with two attached hydrogens (primary N) is 1. The Kier molecular flexibility index (Phi) is 2.92. The number of aromatic nitrogens is 2.